The molecule has 1 aliphatic rings. The van der Waals surface area contributed by atoms with Crippen LogP contribution in [0.2, 0.25) is 0 Å². The molecule has 1 heterocycles. The van der Waals surface area contributed by atoms with E-state index in [4.69, 9.17) is 0 Å². The fourth-order valence-corrected chi connectivity index (χ4v) is 5.81. The molecule has 2 N–H and O–H groups in total. The van der Waals surface area contributed by atoms with Crippen molar-refractivity contribution in [1.29, 1.82) is 0 Å². The summed E-state index contributed by atoms with van der Waals surface area (Å²) in [6.07, 6.45) is 0. The Morgan fingerprint density at radius 3 is 1.89 bits per heavy atom. The molecule has 1 aromatic rings. The van der Waals surface area contributed by atoms with Crippen LogP contribution in [0.3, 0.4) is 0 Å². The molecule has 0 bridgehead atoms. The number of hydrogen-bond acceptors (Lipinski definition) is 3. The number of quaternary nitrogens is 1. The number of nitrogens with zero attached hydrogens (tertiary/aromatic N) is 1. The highest BCUT2D eigenvalue weighted by molar-refractivity contribution is 7.89. The normalized spacial score (nSPS) is 16.6. The highest BCUT2D eigenvalue weighted by Crippen LogP contribution is 2.31. The van der Waals surface area contributed by atoms with Gasteiger partial charge >= 0.3 is 0 Å². The Bertz CT molecular complexity index is 810. The number of sulfonamides is 1. The summed E-state index contributed by atoms with van der Waals surface area (Å²) in [5, 5.41) is 2.94. The van der Waals surface area contributed by atoms with Crippen LogP contribution in [0.5, 0.6) is 0 Å². The second-order valence-electron chi connectivity index (χ2n) is 8.48. The first-order valence-corrected chi connectivity index (χ1v) is 11.6. The van der Waals surface area contributed by atoms with E-state index in [0.29, 0.717) is 50.1 Å². The van der Waals surface area contributed by atoms with Crippen molar-refractivity contribution in [2.24, 2.45) is 5.92 Å². The van der Waals surface area contributed by atoms with Crippen molar-refractivity contribution in [3.05, 3.63) is 27.8 Å². The molecule has 1 aliphatic heterocycles. The topological polar surface area (TPSA) is 70.9 Å². The Labute approximate surface area is 170 Å². The Kier molecular flexibility index (Phi) is 7.28. The molecule has 0 radical (unpaired) electrons. The zero-order valence-electron chi connectivity index (χ0n) is 18.4. The lowest BCUT2D eigenvalue weighted by atomic mass is 9.95. The quantitative estimate of drug-likeness (QED) is 0.732. The van der Waals surface area contributed by atoms with Gasteiger partial charge in [0.25, 0.3) is 5.91 Å². The maximum absolute atomic E-state index is 13.4. The van der Waals surface area contributed by atoms with Crippen LogP contribution in [0, 0.1) is 40.5 Å². The highest BCUT2D eigenvalue weighted by atomic mass is 32.2. The van der Waals surface area contributed by atoms with Gasteiger partial charge in [-0.1, -0.05) is 13.8 Å². The Morgan fingerprint density at radius 1 is 0.964 bits per heavy atom. The standard InChI is InChI=1S/C21H35N3O3S/c1-14(2)12-22-20(25)13-23-8-10-24(11-9-23)28(26,27)21-18(6)16(4)15(3)17(5)19(21)7/h14H,8-13H2,1-7H3,(H,22,25)/p+1. The van der Waals surface area contributed by atoms with Gasteiger partial charge in [0.05, 0.1) is 31.1 Å². The van der Waals surface area contributed by atoms with Crippen molar-refractivity contribution >= 4 is 15.9 Å². The molecule has 0 aliphatic carbocycles. The van der Waals surface area contributed by atoms with Crippen LogP contribution >= 0.6 is 0 Å². The van der Waals surface area contributed by atoms with Crippen molar-refractivity contribution in [2.75, 3.05) is 39.3 Å². The van der Waals surface area contributed by atoms with E-state index in [-0.39, 0.29) is 5.91 Å². The molecule has 1 amide bonds. The van der Waals surface area contributed by atoms with Crippen LogP contribution in [-0.4, -0.2) is 57.9 Å². The third kappa shape index (κ3) is 4.75. The van der Waals surface area contributed by atoms with Gasteiger partial charge in [-0.05, 0) is 68.4 Å². The molecular weight excluding hydrogens is 374 g/mol. The molecule has 6 nitrogen and oxygen atoms in total. The van der Waals surface area contributed by atoms with E-state index in [1.165, 1.54) is 0 Å². The molecule has 1 aromatic carbocycles. The van der Waals surface area contributed by atoms with Gasteiger partial charge in [0.2, 0.25) is 10.0 Å². The van der Waals surface area contributed by atoms with Gasteiger partial charge in [-0.2, -0.15) is 4.31 Å². The summed E-state index contributed by atoms with van der Waals surface area (Å²) in [6.45, 7) is 17.2. The highest BCUT2D eigenvalue weighted by Gasteiger charge is 2.34. The van der Waals surface area contributed by atoms with E-state index in [1.54, 1.807) is 4.31 Å². The fourth-order valence-electron chi connectivity index (χ4n) is 3.81. The maximum atomic E-state index is 13.4. The van der Waals surface area contributed by atoms with Crippen molar-refractivity contribution in [2.45, 2.75) is 53.4 Å². The second kappa shape index (κ2) is 8.93. The van der Waals surface area contributed by atoms with Crippen LogP contribution in [0.1, 0.15) is 41.7 Å². The van der Waals surface area contributed by atoms with Gasteiger partial charge in [0.1, 0.15) is 0 Å². The average Bonchev–Trinajstić information content (AvgIpc) is 2.63. The molecule has 7 heteroatoms. The minimum Gasteiger partial charge on any atom is -0.351 e. The smallest absolute Gasteiger partial charge is 0.275 e. The molecule has 28 heavy (non-hydrogen) atoms. The van der Waals surface area contributed by atoms with E-state index >= 15 is 0 Å². The lowest BCUT2D eigenvalue weighted by molar-refractivity contribution is -0.895. The first kappa shape index (κ1) is 22.8. The van der Waals surface area contributed by atoms with Crippen molar-refractivity contribution in [1.82, 2.24) is 9.62 Å². The monoisotopic (exact) mass is 410 g/mol. The van der Waals surface area contributed by atoms with Crippen LogP contribution in [-0.2, 0) is 14.8 Å². The number of rotatable bonds is 6. The lowest BCUT2D eigenvalue weighted by Crippen LogP contribution is -3.15. The third-order valence-electron chi connectivity index (χ3n) is 6.08. The lowest BCUT2D eigenvalue weighted by Gasteiger charge is -2.32. The minimum atomic E-state index is -3.54. The number of hydrogen-bond donors (Lipinski definition) is 2. The van der Waals surface area contributed by atoms with E-state index in [9.17, 15) is 13.2 Å². The van der Waals surface area contributed by atoms with Crippen LogP contribution in [0.15, 0.2) is 4.90 Å². The molecule has 1 fully saturated rings. The summed E-state index contributed by atoms with van der Waals surface area (Å²) in [4.78, 5) is 13.6. The number of piperazine rings is 1. The predicted molar refractivity (Wildman–Crippen MR) is 112 cm³/mol. The molecule has 0 unspecified atom stereocenters. The summed E-state index contributed by atoms with van der Waals surface area (Å²) in [5.41, 5.74) is 4.96. The van der Waals surface area contributed by atoms with E-state index in [1.807, 2.05) is 34.6 Å². The van der Waals surface area contributed by atoms with E-state index in [2.05, 4.69) is 19.2 Å². The molecule has 0 saturated carbocycles. The molecular formula is C21H36N3O3S+. The number of nitrogens with one attached hydrogen (secondary N) is 2. The molecule has 2 rings (SSSR count). The molecule has 1 saturated heterocycles. The first-order chi connectivity index (χ1) is 13.0. The molecule has 158 valence electrons. The number of carbonyl (C=O) groups is 1. The van der Waals surface area contributed by atoms with Gasteiger partial charge < -0.3 is 10.2 Å². The molecule has 0 aromatic heterocycles. The van der Waals surface area contributed by atoms with E-state index < -0.39 is 10.0 Å². The number of carbonyl (C=O) groups excluding carboxylic acids is 1. The van der Waals surface area contributed by atoms with Gasteiger partial charge in [0.15, 0.2) is 6.54 Å². The summed E-state index contributed by atoms with van der Waals surface area (Å²) in [5.74, 6) is 0.463. The SMILES string of the molecule is Cc1c(C)c(C)c(S(=O)(=O)N2CC[NH+](CC(=O)NCC(C)C)CC2)c(C)c1C. The molecule has 0 atom stereocenters. The van der Waals surface area contributed by atoms with E-state index in [0.717, 1.165) is 32.7 Å². The second-order valence-corrected chi connectivity index (χ2v) is 10.4. The predicted octanol–water partition coefficient (Wildman–Crippen LogP) is 0.890. The minimum absolute atomic E-state index is 0.0384. The zero-order chi connectivity index (χ0) is 21.2. The third-order valence-corrected chi connectivity index (χ3v) is 8.25. The largest absolute Gasteiger partial charge is 0.351 e. The summed E-state index contributed by atoms with van der Waals surface area (Å²) in [7, 11) is -3.54. The van der Waals surface area contributed by atoms with Gasteiger partial charge in [0, 0.05) is 6.54 Å². The summed E-state index contributed by atoms with van der Waals surface area (Å²) < 4.78 is 28.4. The Balaban J connectivity index is 2.11. The van der Waals surface area contributed by atoms with Crippen LogP contribution < -0.4 is 10.2 Å². The average molecular weight is 411 g/mol. The van der Waals surface area contributed by atoms with Crippen LogP contribution in [0.25, 0.3) is 0 Å². The van der Waals surface area contributed by atoms with Crippen LogP contribution in [0.4, 0.5) is 0 Å². The molecule has 0 spiro atoms. The van der Waals surface area contributed by atoms with Gasteiger partial charge in [-0.3, -0.25) is 4.79 Å². The first-order valence-electron chi connectivity index (χ1n) is 10.1. The fraction of sp³-hybridized carbons (Fsp3) is 0.667. The van der Waals surface area contributed by atoms with Crippen molar-refractivity contribution < 1.29 is 18.1 Å². The maximum Gasteiger partial charge on any atom is 0.275 e. The summed E-state index contributed by atoms with van der Waals surface area (Å²) in [6, 6.07) is 0. The Hall–Kier alpha value is -1.44. The zero-order valence-corrected chi connectivity index (χ0v) is 19.2. The van der Waals surface area contributed by atoms with Gasteiger partial charge in [-0.15, -0.1) is 0 Å². The van der Waals surface area contributed by atoms with Crippen molar-refractivity contribution in [3.8, 4) is 0 Å². The van der Waals surface area contributed by atoms with Gasteiger partial charge in [-0.25, -0.2) is 8.42 Å². The Morgan fingerprint density at radius 2 is 1.43 bits per heavy atom. The van der Waals surface area contributed by atoms with Crippen molar-refractivity contribution in [3.63, 3.8) is 0 Å². The number of benzene rings is 1. The summed E-state index contributed by atoms with van der Waals surface area (Å²) >= 11 is 0. The number of amides is 1.